The average Bonchev–Trinajstić information content (AvgIpc) is 2.87. The molecule has 0 spiro atoms. The van der Waals surface area contributed by atoms with Gasteiger partial charge in [-0.3, -0.25) is 4.79 Å². The van der Waals surface area contributed by atoms with Gasteiger partial charge in [0.2, 0.25) is 5.91 Å². The highest BCUT2D eigenvalue weighted by molar-refractivity contribution is 6.31. The molecule has 2 heterocycles. The number of benzene rings is 1. The Morgan fingerprint density at radius 1 is 1.25 bits per heavy atom. The van der Waals surface area contributed by atoms with E-state index in [0.29, 0.717) is 37.1 Å². The molecule has 1 aliphatic heterocycles. The number of nitrogens with zero attached hydrogens (tertiary/aromatic N) is 1. The molecule has 0 radical (unpaired) electrons. The molecule has 0 atom stereocenters. The third-order valence-electron chi connectivity index (χ3n) is 3.21. The van der Waals surface area contributed by atoms with E-state index in [1.54, 1.807) is 17.0 Å². The van der Waals surface area contributed by atoms with Crippen molar-refractivity contribution in [2.24, 2.45) is 0 Å². The predicted octanol–water partition coefficient (Wildman–Crippen LogP) is 2.96. The minimum Gasteiger partial charge on any atom is -0.457 e. The van der Waals surface area contributed by atoms with Gasteiger partial charge in [-0.25, -0.2) is 0 Å². The first-order valence-corrected chi connectivity index (χ1v) is 6.84. The van der Waals surface area contributed by atoms with Crippen molar-refractivity contribution in [3.05, 3.63) is 41.1 Å². The van der Waals surface area contributed by atoms with Crippen molar-refractivity contribution in [1.82, 2.24) is 4.90 Å². The number of rotatable bonds is 2. The third-order valence-corrected chi connectivity index (χ3v) is 3.45. The Morgan fingerprint density at radius 3 is 2.85 bits per heavy atom. The molecule has 0 bridgehead atoms. The van der Waals surface area contributed by atoms with Crippen LogP contribution in [-0.4, -0.2) is 37.1 Å². The van der Waals surface area contributed by atoms with Crippen molar-refractivity contribution < 1.29 is 13.9 Å². The van der Waals surface area contributed by atoms with E-state index in [2.05, 4.69) is 0 Å². The number of fused-ring (bicyclic) bond motifs is 1. The van der Waals surface area contributed by atoms with Gasteiger partial charge in [0, 0.05) is 29.6 Å². The predicted molar refractivity (Wildman–Crippen MR) is 77.7 cm³/mol. The molecular formula is C15H14ClNO3. The number of hydrogen-bond acceptors (Lipinski definition) is 3. The van der Waals surface area contributed by atoms with Gasteiger partial charge in [0.05, 0.1) is 13.2 Å². The van der Waals surface area contributed by atoms with Crippen LogP contribution in [0.2, 0.25) is 5.02 Å². The van der Waals surface area contributed by atoms with Gasteiger partial charge < -0.3 is 14.1 Å². The van der Waals surface area contributed by atoms with Crippen LogP contribution in [0.25, 0.3) is 17.0 Å². The second-order valence-electron chi connectivity index (χ2n) is 4.60. The van der Waals surface area contributed by atoms with Crippen molar-refractivity contribution in [3.8, 4) is 0 Å². The molecule has 1 aliphatic rings. The van der Waals surface area contributed by atoms with Crippen LogP contribution in [-0.2, 0) is 9.53 Å². The van der Waals surface area contributed by atoms with Gasteiger partial charge in [-0.1, -0.05) is 11.6 Å². The first kappa shape index (κ1) is 13.2. The van der Waals surface area contributed by atoms with Gasteiger partial charge >= 0.3 is 0 Å². The topological polar surface area (TPSA) is 42.7 Å². The number of ether oxygens (including phenoxy) is 1. The van der Waals surface area contributed by atoms with Crippen LogP contribution < -0.4 is 0 Å². The van der Waals surface area contributed by atoms with Gasteiger partial charge in [-0.2, -0.15) is 0 Å². The number of furan rings is 1. The highest BCUT2D eigenvalue weighted by Gasteiger charge is 2.14. The maximum Gasteiger partial charge on any atom is 0.246 e. The van der Waals surface area contributed by atoms with E-state index >= 15 is 0 Å². The molecule has 1 aromatic carbocycles. The van der Waals surface area contributed by atoms with Gasteiger partial charge in [0.15, 0.2) is 0 Å². The summed E-state index contributed by atoms with van der Waals surface area (Å²) >= 11 is 5.92. The minimum absolute atomic E-state index is 0.0215. The quantitative estimate of drug-likeness (QED) is 0.799. The second-order valence-corrected chi connectivity index (χ2v) is 5.04. The fraction of sp³-hybridized carbons (Fsp3) is 0.267. The van der Waals surface area contributed by atoms with Crippen molar-refractivity contribution in [2.45, 2.75) is 0 Å². The Hall–Kier alpha value is -1.78. The fourth-order valence-corrected chi connectivity index (χ4v) is 2.34. The molecule has 1 fully saturated rings. The Labute approximate surface area is 121 Å². The average molecular weight is 292 g/mol. The lowest BCUT2D eigenvalue weighted by Crippen LogP contribution is -2.39. The van der Waals surface area contributed by atoms with Crippen LogP contribution in [0.3, 0.4) is 0 Å². The zero-order valence-electron chi connectivity index (χ0n) is 10.8. The summed E-state index contributed by atoms with van der Waals surface area (Å²) in [6, 6.07) is 7.30. The number of carbonyl (C=O) groups excluding carboxylic acids is 1. The molecule has 1 amide bonds. The highest BCUT2D eigenvalue weighted by Crippen LogP contribution is 2.23. The number of morpholine rings is 1. The normalized spacial score (nSPS) is 16.1. The van der Waals surface area contributed by atoms with Gasteiger partial charge in [0.1, 0.15) is 11.3 Å². The maximum absolute atomic E-state index is 12.0. The van der Waals surface area contributed by atoms with Crippen LogP contribution in [0.15, 0.2) is 34.8 Å². The number of carbonyl (C=O) groups is 1. The summed E-state index contributed by atoms with van der Waals surface area (Å²) in [6.07, 6.45) is 3.22. The standard InChI is InChI=1S/C15H14ClNO3/c16-12-1-3-14-11(9-12)10-13(20-14)2-4-15(18)17-5-7-19-8-6-17/h1-4,9-10H,5-8H2. The molecule has 0 unspecified atom stereocenters. The van der Waals surface area contributed by atoms with Gasteiger partial charge in [0.25, 0.3) is 0 Å². The van der Waals surface area contributed by atoms with E-state index in [4.69, 9.17) is 20.8 Å². The zero-order valence-corrected chi connectivity index (χ0v) is 11.6. The summed E-state index contributed by atoms with van der Waals surface area (Å²) in [6.45, 7) is 2.48. The Bertz CT molecular complexity index is 656. The molecule has 0 aliphatic carbocycles. The van der Waals surface area contributed by atoms with Gasteiger partial charge in [-0.05, 0) is 30.3 Å². The largest absolute Gasteiger partial charge is 0.457 e. The lowest BCUT2D eigenvalue weighted by molar-refractivity contribution is -0.129. The van der Waals surface area contributed by atoms with Gasteiger partial charge in [-0.15, -0.1) is 0 Å². The fourth-order valence-electron chi connectivity index (χ4n) is 2.16. The van der Waals surface area contributed by atoms with Crippen molar-refractivity contribution >= 4 is 34.6 Å². The minimum atomic E-state index is -0.0215. The van der Waals surface area contributed by atoms with E-state index in [-0.39, 0.29) is 5.91 Å². The van der Waals surface area contributed by atoms with E-state index in [1.807, 2.05) is 18.2 Å². The molecule has 5 heteroatoms. The zero-order chi connectivity index (χ0) is 13.9. The highest BCUT2D eigenvalue weighted by atomic mass is 35.5. The Morgan fingerprint density at radius 2 is 2.05 bits per heavy atom. The second kappa shape index (κ2) is 5.69. The maximum atomic E-state index is 12.0. The van der Waals surface area contributed by atoms with Crippen LogP contribution >= 0.6 is 11.6 Å². The molecule has 0 N–H and O–H groups in total. The van der Waals surface area contributed by atoms with Crippen LogP contribution in [0, 0.1) is 0 Å². The summed E-state index contributed by atoms with van der Waals surface area (Å²) in [4.78, 5) is 13.7. The summed E-state index contributed by atoms with van der Waals surface area (Å²) < 4.78 is 10.8. The molecule has 104 valence electrons. The monoisotopic (exact) mass is 291 g/mol. The molecule has 1 aromatic heterocycles. The number of halogens is 1. The lowest BCUT2D eigenvalue weighted by Gasteiger charge is -2.25. The third kappa shape index (κ3) is 2.86. The molecule has 20 heavy (non-hydrogen) atoms. The summed E-state index contributed by atoms with van der Waals surface area (Å²) in [5.74, 6) is 0.621. The molecular weight excluding hydrogens is 278 g/mol. The van der Waals surface area contributed by atoms with Crippen LogP contribution in [0.5, 0.6) is 0 Å². The number of hydrogen-bond donors (Lipinski definition) is 0. The number of amides is 1. The molecule has 1 saturated heterocycles. The SMILES string of the molecule is O=C(C=Cc1cc2cc(Cl)ccc2o1)N1CCOCC1. The van der Waals surface area contributed by atoms with Crippen molar-refractivity contribution in [1.29, 1.82) is 0 Å². The molecule has 3 rings (SSSR count). The lowest BCUT2D eigenvalue weighted by atomic mass is 10.2. The molecule has 2 aromatic rings. The first-order chi connectivity index (χ1) is 9.72. The van der Waals surface area contributed by atoms with Crippen molar-refractivity contribution in [2.75, 3.05) is 26.3 Å². The van der Waals surface area contributed by atoms with Crippen LogP contribution in [0.1, 0.15) is 5.76 Å². The van der Waals surface area contributed by atoms with E-state index in [9.17, 15) is 4.79 Å². The molecule has 0 saturated carbocycles. The Balaban J connectivity index is 1.74. The van der Waals surface area contributed by atoms with E-state index < -0.39 is 0 Å². The summed E-state index contributed by atoms with van der Waals surface area (Å²) in [7, 11) is 0. The van der Waals surface area contributed by atoms with E-state index in [0.717, 1.165) is 11.0 Å². The Kier molecular flexibility index (Phi) is 3.76. The summed E-state index contributed by atoms with van der Waals surface area (Å²) in [5.41, 5.74) is 0.757. The van der Waals surface area contributed by atoms with E-state index in [1.165, 1.54) is 6.08 Å². The first-order valence-electron chi connectivity index (χ1n) is 6.46. The molecule has 4 nitrogen and oxygen atoms in total. The van der Waals surface area contributed by atoms with Crippen molar-refractivity contribution in [3.63, 3.8) is 0 Å². The van der Waals surface area contributed by atoms with Crippen LogP contribution in [0.4, 0.5) is 0 Å². The summed E-state index contributed by atoms with van der Waals surface area (Å²) in [5, 5.41) is 1.59. The smallest absolute Gasteiger partial charge is 0.246 e.